The maximum atomic E-state index is 6.20. The Morgan fingerprint density at radius 1 is 1.50 bits per heavy atom. The van der Waals surface area contributed by atoms with Gasteiger partial charge in [-0.2, -0.15) is 0 Å². The van der Waals surface area contributed by atoms with E-state index in [4.69, 9.17) is 10.5 Å². The minimum absolute atomic E-state index is 0.106. The third-order valence-electron chi connectivity index (χ3n) is 4.93. The molecule has 3 rings (SSSR count). The number of hydrogen-bond acceptors (Lipinski definition) is 4. The van der Waals surface area contributed by atoms with E-state index < -0.39 is 0 Å². The average molecular weight is 278 g/mol. The molecule has 0 aliphatic carbocycles. The summed E-state index contributed by atoms with van der Waals surface area (Å²) in [6.07, 6.45) is 8.78. The van der Waals surface area contributed by atoms with Crippen molar-refractivity contribution in [1.29, 1.82) is 0 Å². The third kappa shape index (κ3) is 2.50. The minimum Gasteiger partial charge on any atom is -0.378 e. The molecule has 0 amide bonds. The number of nitrogens with zero attached hydrogens (tertiary/aromatic N) is 3. The van der Waals surface area contributed by atoms with Crippen LogP contribution in [0.25, 0.3) is 0 Å². The van der Waals surface area contributed by atoms with Gasteiger partial charge < -0.3 is 15.0 Å². The van der Waals surface area contributed by atoms with E-state index in [2.05, 4.69) is 27.6 Å². The highest BCUT2D eigenvalue weighted by Crippen LogP contribution is 2.34. The lowest BCUT2D eigenvalue weighted by atomic mass is 9.83. The lowest BCUT2D eigenvalue weighted by Crippen LogP contribution is -2.60. The molecule has 112 valence electrons. The van der Waals surface area contributed by atoms with Gasteiger partial charge in [0.15, 0.2) is 0 Å². The molecule has 0 saturated carbocycles. The Balaban J connectivity index is 1.75. The van der Waals surface area contributed by atoms with Crippen molar-refractivity contribution in [2.45, 2.75) is 57.3 Å². The molecule has 0 aromatic carbocycles. The van der Waals surface area contributed by atoms with Crippen molar-refractivity contribution in [2.24, 2.45) is 5.73 Å². The maximum Gasteiger partial charge on any atom is 0.122 e. The summed E-state index contributed by atoms with van der Waals surface area (Å²) in [5, 5.41) is 0. The van der Waals surface area contributed by atoms with Gasteiger partial charge in [0.25, 0.3) is 0 Å². The molecule has 1 saturated heterocycles. The summed E-state index contributed by atoms with van der Waals surface area (Å²) in [5.74, 6) is 1.17. The molecule has 5 heteroatoms. The molecule has 1 aromatic rings. The standard InChI is InChI=1S/C15H26N4O/c1-2-3-13-10-15(12-16,4-9-20-13)19-8-7-18-6-5-17-14(18)11-19/h5-6,13H,2-4,7-12,16H2,1H3. The Morgan fingerprint density at radius 2 is 2.40 bits per heavy atom. The zero-order valence-corrected chi connectivity index (χ0v) is 12.4. The summed E-state index contributed by atoms with van der Waals surface area (Å²) >= 11 is 0. The summed E-state index contributed by atoms with van der Waals surface area (Å²) in [4.78, 5) is 7.03. The Morgan fingerprint density at radius 3 is 3.20 bits per heavy atom. The monoisotopic (exact) mass is 278 g/mol. The summed E-state index contributed by atoms with van der Waals surface area (Å²) < 4.78 is 8.17. The molecule has 2 unspecified atom stereocenters. The predicted molar refractivity (Wildman–Crippen MR) is 78.3 cm³/mol. The first-order valence-electron chi connectivity index (χ1n) is 7.84. The van der Waals surface area contributed by atoms with E-state index in [1.54, 1.807) is 0 Å². The predicted octanol–water partition coefficient (Wildman–Crippen LogP) is 1.38. The smallest absolute Gasteiger partial charge is 0.122 e. The van der Waals surface area contributed by atoms with Crippen molar-refractivity contribution >= 4 is 0 Å². The van der Waals surface area contributed by atoms with Crippen LogP contribution in [-0.2, 0) is 17.8 Å². The molecule has 0 spiro atoms. The van der Waals surface area contributed by atoms with Crippen molar-refractivity contribution in [3.8, 4) is 0 Å². The van der Waals surface area contributed by atoms with E-state index in [1.807, 2.05) is 6.20 Å². The number of aromatic nitrogens is 2. The average Bonchev–Trinajstić information content (AvgIpc) is 2.95. The summed E-state index contributed by atoms with van der Waals surface area (Å²) in [7, 11) is 0. The first-order chi connectivity index (χ1) is 9.77. The molecule has 2 aliphatic heterocycles. The number of nitrogens with two attached hydrogens (primary N) is 1. The molecule has 2 aliphatic rings. The molecular formula is C15H26N4O. The first-order valence-corrected chi connectivity index (χ1v) is 7.84. The van der Waals surface area contributed by atoms with E-state index in [0.717, 1.165) is 52.0 Å². The number of imidazole rings is 1. The maximum absolute atomic E-state index is 6.20. The quantitative estimate of drug-likeness (QED) is 0.904. The van der Waals surface area contributed by atoms with Crippen LogP contribution in [0.15, 0.2) is 12.4 Å². The largest absolute Gasteiger partial charge is 0.378 e. The van der Waals surface area contributed by atoms with Gasteiger partial charge in [-0.3, -0.25) is 4.90 Å². The second kappa shape index (κ2) is 5.84. The second-order valence-electron chi connectivity index (χ2n) is 6.12. The summed E-state index contributed by atoms with van der Waals surface area (Å²) in [6.45, 7) is 6.79. The van der Waals surface area contributed by atoms with Crippen LogP contribution < -0.4 is 5.73 Å². The van der Waals surface area contributed by atoms with E-state index in [9.17, 15) is 0 Å². The molecule has 2 N–H and O–H groups in total. The van der Waals surface area contributed by atoms with E-state index in [1.165, 1.54) is 12.2 Å². The van der Waals surface area contributed by atoms with Gasteiger partial charge >= 0.3 is 0 Å². The normalized spacial score (nSPS) is 31.2. The van der Waals surface area contributed by atoms with E-state index in [0.29, 0.717) is 6.10 Å². The van der Waals surface area contributed by atoms with Crippen LogP contribution in [0, 0.1) is 0 Å². The fraction of sp³-hybridized carbons (Fsp3) is 0.800. The highest BCUT2D eigenvalue weighted by Gasteiger charge is 2.41. The van der Waals surface area contributed by atoms with Crippen LogP contribution in [0.4, 0.5) is 0 Å². The van der Waals surface area contributed by atoms with Crippen LogP contribution in [0.1, 0.15) is 38.4 Å². The lowest BCUT2D eigenvalue weighted by molar-refractivity contribution is -0.0814. The highest BCUT2D eigenvalue weighted by molar-refractivity contribution is 5.03. The van der Waals surface area contributed by atoms with Gasteiger partial charge in [-0.15, -0.1) is 0 Å². The minimum atomic E-state index is 0.106. The Labute approximate surface area is 121 Å². The molecule has 2 atom stereocenters. The lowest BCUT2D eigenvalue weighted by Gasteiger charge is -2.49. The van der Waals surface area contributed by atoms with Crippen LogP contribution in [0.5, 0.6) is 0 Å². The van der Waals surface area contributed by atoms with Crippen molar-refractivity contribution in [3.63, 3.8) is 0 Å². The second-order valence-corrected chi connectivity index (χ2v) is 6.12. The van der Waals surface area contributed by atoms with Gasteiger partial charge in [0.05, 0.1) is 12.6 Å². The molecule has 0 radical (unpaired) electrons. The van der Waals surface area contributed by atoms with Crippen molar-refractivity contribution in [3.05, 3.63) is 18.2 Å². The number of rotatable bonds is 4. The van der Waals surface area contributed by atoms with Gasteiger partial charge in [-0.05, 0) is 19.3 Å². The van der Waals surface area contributed by atoms with Gasteiger partial charge in [-0.1, -0.05) is 13.3 Å². The van der Waals surface area contributed by atoms with Crippen molar-refractivity contribution < 1.29 is 4.74 Å². The highest BCUT2D eigenvalue weighted by atomic mass is 16.5. The van der Waals surface area contributed by atoms with Gasteiger partial charge in [0.2, 0.25) is 0 Å². The first kappa shape index (κ1) is 14.0. The topological polar surface area (TPSA) is 56.3 Å². The fourth-order valence-electron chi connectivity index (χ4n) is 3.69. The number of ether oxygens (including phenoxy) is 1. The van der Waals surface area contributed by atoms with Crippen LogP contribution in [-0.4, -0.2) is 45.8 Å². The molecule has 5 nitrogen and oxygen atoms in total. The van der Waals surface area contributed by atoms with Gasteiger partial charge in [0, 0.05) is 44.2 Å². The third-order valence-corrected chi connectivity index (χ3v) is 4.93. The number of fused-ring (bicyclic) bond motifs is 1. The SMILES string of the molecule is CCCC1CC(CN)(N2CCn3ccnc3C2)CCO1. The molecule has 3 heterocycles. The van der Waals surface area contributed by atoms with E-state index in [-0.39, 0.29) is 5.54 Å². The molecule has 1 aromatic heterocycles. The van der Waals surface area contributed by atoms with Crippen LogP contribution in [0.2, 0.25) is 0 Å². The fourth-order valence-corrected chi connectivity index (χ4v) is 3.69. The van der Waals surface area contributed by atoms with Crippen molar-refractivity contribution in [1.82, 2.24) is 14.5 Å². The van der Waals surface area contributed by atoms with Crippen LogP contribution in [0.3, 0.4) is 0 Å². The molecule has 20 heavy (non-hydrogen) atoms. The zero-order valence-electron chi connectivity index (χ0n) is 12.4. The Hall–Kier alpha value is -0.910. The van der Waals surface area contributed by atoms with E-state index >= 15 is 0 Å². The molecule has 0 bridgehead atoms. The summed E-state index contributed by atoms with van der Waals surface area (Å²) in [6, 6.07) is 0. The van der Waals surface area contributed by atoms with Gasteiger partial charge in [-0.25, -0.2) is 4.98 Å². The van der Waals surface area contributed by atoms with Crippen LogP contribution >= 0.6 is 0 Å². The molecular weight excluding hydrogens is 252 g/mol. The zero-order chi connectivity index (χ0) is 14.0. The molecule has 1 fully saturated rings. The van der Waals surface area contributed by atoms with Crippen molar-refractivity contribution in [2.75, 3.05) is 19.7 Å². The number of hydrogen-bond donors (Lipinski definition) is 1. The summed E-state index contributed by atoms with van der Waals surface area (Å²) in [5.41, 5.74) is 6.30. The van der Waals surface area contributed by atoms with Gasteiger partial charge in [0.1, 0.15) is 5.82 Å². The Kier molecular flexibility index (Phi) is 4.10. The Bertz CT molecular complexity index is 445.